The molecule has 0 atom stereocenters. The molecule has 2 aromatic carbocycles. The van der Waals surface area contributed by atoms with Crippen LogP contribution in [0.2, 0.25) is 0 Å². The summed E-state index contributed by atoms with van der Waals surface area (Å²) in [5.74, 6) is 0.0459. The van der Waals surface area contributed by atoms with Crippen LogP contribution in [-0.2, 0) is 0 Å². The number of fused-ring (bicyclic) bond motifs is 1. The Morgan fingerprint density at radius 2 is 1.78 bits per heavy atom. The Balaban J connectivity index is 1.45. The summed E-state index contributed by atoms with van der Waals surface area (Å²) in [6.07, 6.45) is -1.04. The van der Waals surface area contributed by atoms with E-state index in [1.165, 1.54) is 30.3 Å². The summed E-state index contributed by atoms with van der Waals surface area (Å²) in [7, 11) is 0. The van der Waals surface area contributed by atoms with Gasteiger partial charge in [0, 0.05) is 29.8 Å². The number of nitrogens with one attached hydrogen (secondary N) is 1. The van der Waals surface area contributed by atoms with E-state index in [-0.39, 0.29) is 40.1 Å². The molecule has 1 saturated carbocycles. The Hall–Kier alpha value is -4.41. The van der Waals surface area contributed by atoms with Crippen molar-refractivity contribution in [2.45, 2.75) is 39.0 Å². The Morgan fingerprint density at radius 3 is 2.42 bits per heavy atom. The van der Waals surface area contributed by atoms with Gasteiger partial charge in [-0.15, -0.1) is 0 Å². The first-order valence-electron chi connectivity index (χ1n) is 11.2. The molecule has 0 radical (unpaired) electrons. The molecule has 0 aliphatic heterocycles. The van der Waals surface area contributed by atoms with Crippen LogP contribution in [0.15, 0.2) is 48.5 Å². The summed E-state index contributed by atoms with van der Waals surface area (Å²) >= 11 is 0. The molecule has 11 heteroatoms. The highest BCUT2D eigenvalue weighted by Gasteiger charge is 2.28. The number of rotatable bonds is 7. The number of nitro benzene ring substituents is 1. The van der Waals surface area contributed by atoms with Crippen LogP contribution >= 0.6 is 0 Å². The number of halogens is 2. The van der Waals surface area contributed by atoms with Gasteiger partial charge in [-0.05, 0) is 56.0 Å². The van der Waals surface area contributed by atoms with Gasteiger partial charge in [-0.3, -0.25) is 14.9 Å². The summed E-state index contributed by atoms with van der Waals surface area (Å²) in [6.45, 7) is 3.80. The molecule has 1 N–H and O–H groups in total. The van der Waals surface area contributed by atoms with Gasteiger partial charge in [0.15, 0.2) is 11.3 Å². The van der Waals surface area contributed by atoms with E-state index in [0.29, 0.717) is 11.4 Å². The zero-order chi connectivity index (χ0) is 25.6. The first-order chi connectivity index (χ1) is 17.2. The Labute approximate surface area is 203 Å². The van der Waals surface area contributed by atoms with Crippen LogP contribution in [0, 0.1) is 24.0 Å². The van der Waals surface area contributed by atoms with E-state index in [9.17, 15) is 23.7 Å². The van der Waals surface area contributed by atoms with Gasteiger partial charge in [0.05, 0.1) is 16.7 Å². The molecule has 0 spiro atoms. The van der Waals surface area contributed by atoms with Crippen LogP contribution < -0.4 is 10.1 Å². The Morgan fingerprint density at radius 1 is 1.08 bits per heavy atom. The van der Waals surface area contributed by atoms with Crippen LogP contribution in [0.25, 0.3) is 5.65 Å². The van der Waals surface area contributed by atoms with E-state index < -0.39 is 17.3 Å². The van der Waals surface area contributed by atoms with Crippen molar-refractivity contribution in [2.24, 2.45) is 0 Å². The van der Waals surface area contributed by atoms with Crippen LogP contribution in [0.5, 0.6) is 11.5 Å². The van der Waals surface area contributed by atoms with E-state index in [4.69, 9.17) is 4.74 Å². The lowest BCUT2D eigenvalue weighted by Crippen LogP contribution is -2.13. The number of aryl methyl sites for hydroxylation is 2. The van der Waals surface area contributed by atoms with Gasteiger partial charge >= 0.3 is 0 Å². The van der Waals surface area contributed by atoms with E-state index in [1.807, 2.05) is 19.9 Å². The van der Waals surface area contributed by atoms with Gasteiger partial charge < -0.3 is 10.1 Å². The molecule has 9 nitrogen and oxygen atoms in total. The third-order valence-corrected chi connectivity index (χ3v) is 5.72. The molecule has 0 unspecified atom stereocenters. The summed E-state index contributed by atoms with van der Waals surface area (Å²) in [5.41, 5.74) is 1.90. The number of nitrogens with zero attached hydrogens (tertiary/aromatic N) is 4. The highest BCUT2D eigenvalue weighted by molar-refractivity contribution is 6.03. The summed E-state index contributed by atoms with van der Waals surface area (Å²) in [6, 6.07) is 12.0. The van der Waals surface area contributed by atoms with Crippen molar-refractivity contribution in [3.8, 4) is 11.5 Å². The quantitative estimate of drug-likeness (QED) is 0.245. The predicted molar refractivity (Wildman–Crippen MR) is 127 cm³/mol. The second-order valence-corrected chi connectivity index (χ2v) is 8.83. The number of aromatic nitrogens is 3. The predicted octanol–water partition coefficient (Wildman–Crippen LogP) is 6.11. The van der Waals surface area contributed by atoms with Crippen LogP contribution in [-0.4, -0.2) is 25.4 Å². The minimum atomic E-state index is -2.80. The van der Waals surface area contributed by atoms with Gasteiger partial charge in [-0.2, -0.15) is 5.10 Å². The van der Waals surface area contributed by atoms with Crippen molar-refractivity contribution in [1.29, 1.82) is 0 Å². The zero-order valence-corrected chi connectivity index (χ0v) is 19.4. The van der Waals surface area contributed by atoms with Crippen molar-refractivity contribution >= 4 is 22.9 Å². The molecule has 2 aromatic heterocycles. The van der Waals surface area contributed by atoms with E-state index >= 15 is 0 Å². The maximum absolute atomic E-state index is 13.6. The van der Waals surface area contributed by atoms with Gasteiger partial charge in [0.1, 0.15) is 17.2 Å². The molecule has 184 valence electrons. The molecule has 1 amide bonds. The number of ether oxygens (including phenoxy) is 1. The summed E-state index contributed by atoms with van der Waals surface area (Å²) in [4.78, 5) is 28.2. The molecular formula is C25H21F2N5O4. The van der Waals surface area contributed by atoms with Crippen LogP contribution in [0.1, 0.15) is 58.2 Å². The molecule has 1 fully saturated rings. The lowest BCUT2D eigenvalue weighted by atomic mass is 10.1. The van der Waals surface area contributed by atoms with Crippen molar-refractivity contribution in [2.75, 3.05) is 5.32 Å². The number of hydrogen-bond acceptors (Lipinski definition) is 6. The molecule has 0 bridgehead atoms. The van der Waals surface area contributed by atoms with Gasteiger partial charge in [-0.1, -0.05) is 6.07 Å². The summed E-state index contributed by atoms with van der Waals surface area (Å²) in [5, 5.41) is 18.0. The highest BCUT2D eigenvalue weighted by Crippen LogP contribution is 2.40. The van der Waals surface area contributed by atoms with Crippen molar-refractivity contribution in [3.05, 3.63) is 86.9 Å². The molecular weight excluding hydrogens is 472 g/mol. The van der Waals surface area contributed by atoms with Crippen molar-refractivity contribution in [1.82, 2.24) is 14.6 Å². The number of carbonyl (C=O) groups is 1. The van der Waals surface area contributed by atoms with Crippen molar-refractivity contribution in [3.63, 3.8) is 0 Å². The molecule has 1 aliphatic carbocycles. The zero-order valence-electron chi connectivity index (χ0n) is 19.4. The number of hydrogen-bond donors (Lipinski definition) is 1. The minimum Gasteiger partial charge on any atom is -0.457 e. The average molecular weight is 493 g/mol. The normalized spacial score (nSPS) is 13.2. The van der Waals surface area contributed by atoms with Gasteiger partial charge in [-0.25, -0.2) is 18.3 Å². The minimum absolute atomic E-state index is 0.0892. The second kappa shape index (κ2) is 8.99. The van der Waals surface area contributed by atoms with Crippen LogP contribution in [0.3, 0.4) is 0 Å². The topological polar surface area (TPSA) is 112 Å². The number of alkyl halides is 2. The molecule has 5 rings (SSSR count). The largest absolute Gasteiger partial charge is 0.457 e. The fourth-order valence-electron chi connectivity index (χ4n) is 4.02. The van der Waals surface area contributed by atoms with Crippen LogP contribution in [0.4, 0.5) is 20.2 Å². The lowest BCUT2D eigenvalue weighted by molar-refractivity contribution is -0.384. The van der Waals surface area contributed by atoms with E-state index in [2.05, 4.69) is 15.4 Å². The number of benzene rings is 2. The molecule has 1 aliphatic rings. The number of nitro groups is 1. The van der Waals surface area contributed by atoms with Crippen molar-refractivity contribution < 1.29 is 23.2 Å². The Kier molecular flexibility index (Phi) is 5.83. The summed E-state index contributed by atoms with van der Waals surface area (Å²) < 4.78 is 34.1. The van der Waals surface area contributed by atoms with E-state index in [1.54, 1.807) is 12.1 Å². The smallest absolute Gasteiger partial charge is 0.280 e. The van der Waals surface area contributed by atoms with E-state index in [0.717, 1.165) is 28.5 Å². The molecule has 2 heterocycles. The van der Waals surface area contributed by atoms with Gasteiger partial charge in [0.2, 0.25) is 0 Å². The molecule has 36 heavy (non-hydrogen) atoms. The molecule has 4 aromatic rings. The van der Waals surface area contributed by atoms with Gasteiger partial charge in [0.25, 0.3) is 18.0 Å². The average Bonchev–Trinajstić information content (AvgIpc) is 3.55. The number of non-ortho nitro benzene ring substituents is 1. The monoisotopic (exact) mass is 493 g/mol. The number of amides is 1. The maximum atomic E-state index is 13.6. The number of anilines is 1. The third-order valence-electron chi connectivity index (χ3n) is 5.72. The fourth-order valence-corrected chi connectivity index (χ4v) is 4.02. The third kappa shape index (κ3) is 4.85. The standard InChI is InChI=1S/C25H21F2N5O4/c1-13-5-14(2)7-18(6-13)36-19-9-16(8-17(10-19)32(34)35)28-25(33)21-12-23-29-20(15-3-4-15)11-22(24(26)27)31(23)30-21/h5-12,15,24H,3-4H2,1-2H3,(H,28,33). The second-order valence-electron chi connectivity index (χ2n) is 8.83. The first-order valence-corrected chi connectivity index (χ1v) is 11.2. The lowest BCUT2D eigenvalue weighted by Gasteiger charge is -2.10. The molecule has 0 saturated heterocycles. The number of carbonyl (C=O) groups excluding carboxylic acids is 1. The highest BCUT2D eigenvalue weighted by atomic mass is 19.3. The Bertz CT molecular complexity index is 1490. The first kappa shape index (κ1) is 23.3. The fraction of sp³-hybridized carbons (Fsp3) is 0.240. The SMILES string of the molecule is Cc1cc(C)cc(Oc2cc(NC(=O)c3cc4nc(C5CC5)cc(C(F)F)n4n3)cc([N+](=O)[O-])c2)c1. The maximum Gasteiger partial charge on any atom is 0.280 e.